The molecule has 0 spiro atoms. The standard InChI is InChI=1S/C28H39NO4/c1-5-27(33-24(30)18-29-13-15-32-16-14-29)17-20-7-8-21-22(25(20,3)19-27)9-11-26(4)23(21)10-12-28(26,31)6-2/h1-2,20-23,31H,7-19H2,3-4H3/t20?,21?,22-,23?,25-,26?,27+,28?/m0/s1. The molecule has 0 amide bonds. The van der Waals surface area contributed by atoms with Gasteiger partial charge in [0.2, 0.25) is 0 Å². The lowest BCUT2D eigenvalue weighted by molar-refractivity contribution is -0.157. The van der Waals surface area contributed by atoms with Crippen molar-refractivity contribution in [3.05, 3.63) is 0 Å². The van der Waals surface area contributed by atoms with Crippen molar-refractivity contribution < 1.29 is 19.4 Å². The summed E-state index contributed by atoms with van der Waals surface area (Å²) < 4.78 is 11.5. The van der Waals surface area contributed by atoms with Crippen molar-refractivity contribution in [1.82, 2.24) is 4.90 Å². The molecule has 8 atom stereocenters. The topological polar surface area (TPSA) is 59.0 Å². The number of ether oxygens (including phenoxy) is 2. The molecule has 33 heavy (non-hydrogen) atoms. The Balaban J connectivity index is 1.33. The summed E-state index contributed by atoms with van der Waals surface area (Å²) in [6.45, 7) is 7.73. The van der Waals surface area contributed by atoms with Crippen molar-refractivity contribution >= 4 is 5.97 Å². The lowest BCUT2D eigenvalue weighted by atomic mass is 9.47. The van der Waals surface area contributed by atoms with Crippen LogP contribution in [-0.4, -0.2) is 60.0 Å². The molecule has 0 aromatic rings. The maximum atomic E-state index is 12.9. The Morgan fingerprint density at radius 3 is 2.52 bits per heavy atom. The van der Waals surface area contributed by atoms with Crippen molar-refractivity contribution in [2.24, 2.45) is 34.5 Å². The highest BCUT2D eigenvalue weighted by molar-refractivity contribution is 5.72. The second-order valence-electron chi connectivity index (χ2n) is 12.0. The van der Waals surface area contributed by atoms with E-state index in [2.05, 4.69) is 30.6 Å². The van der Waals surface area contributed by atoms with E-state index in [1.54, 1.807) is 0 Å². The third-order valence-electron chi connectivity index (χ3n) is 10.7. The number of esters is 1. The molecule has 1 aliphatic heterocycles. The van der Waals surface area contributed by atoms with Crippen LogP contribution >= 0.6 is 0 Å². The number of fused-ring (bicyclic) bond motifs is 5. The Hall–Kier alpha value is -1.53. The van der Waals surface area contributed by atoms with Gasteiger partial charge in [-0.3, -0.25) is 9.69 Å². The molecule has 1 saturated heterocycles. The second kappa shape index (κ2) is 8.01. The van der Waals surface area contributed by atoms with Gasteiger partial charge >= 0.3 is 5.97 Å². The van der Waals surface area contributed by atoms with Crippen LogP contribution in [0.15, 0.2) is 0 Å². The molecule has 0 aromatic carbocycles. The number of carbonyl (C=O) groups excluding carboxylic acids is 1. The predicted octanol–water partition coefficient (Wildman–Crippen LogP) is 3.25. The molecule has 0 bridgehead atoms. The summed E-state index contributed by atoms with van der Waals surface area (Å²) >= 11 is 0. The molecule has 0 aromatic heterocycles. The summed E-state index contributed by atoms with van der Waals surface area (Å²) in [4.78, 5) is 15.0. The lowest BCUT2D eigenvalue weighted by Crippen LogP contribution is -2.54. The highest BCUT2D eigenvalue weighted by Gasteiger charge is 2.67. The number of hydrogen-bond acceptors (Lipinski definition) is 5. The Morgan fingerprint density at radius 1 is 1.09 bits per heavy atom. The first-order valence-electron chi connectivity index (χ1n) is 12.9. The van der Waals surface area contributed by atoms with Gasteiger partial charge in [-0.1, -0.05) is 25.7 Å². The molecule has 5 fully saturated rings. The summed E-state index contributed by atoms with van der Waals surface area (Å²) in [5.41, 5.74) is -1.91. The van der Waals surface area contributed by atoms with Crippen LogP contribution in [0.25, 0.3) is 0 Å². The number of rotatable bonds is 3. The SMILES string of the molecule is C#CC1(O)CCC2C3CCC4C[C@@](C#C)(OC(=O)CN5CCOCC5)C[C@]4(C)[C@H]3CCC21C. The van der Waals surface area contributed by atoms with E-state index in [4.69, 9.17) is 22.3 Å². The van der Waals surface area contributed by atoms with Gasteiger partial charge < -0.3 is 14.6 Å². The molecule has 4 saturated carbocycles. The summed E-state index contributed by atoms with van der Waals surface area (Å²) in [6, 6.07) is 0. The van der Waals surface area contributed by atoms with E-state index < -0.39 is 11.2 Å². The van der Waals surface area contributed by atoms with E-state index in [9.17, 15) is 9.90 Å². The first-order valence-corrected chi connectivity index (χ1v) is 12.9. The minimum atomic E-state index is -0.979. The van der Waals surface area contributed by atoms with Gasteiger partial charge in [-0.25, -0.2) is 0 Å². The van der Waals surface area contributed by atoms with E-state index >= 15 is 0 Å². The molecule has 180 valence electrons. The fraction of sp³-hybridized carbons (Fsp3) is 0.821. The van der Waals surface area contributed by atoms with Crippen LogP contribution in [-0.2, 0) is 14.3 Å². The predicted molar refractivity (Wildman–Crippen MR) is 126 cm³/mol. The minimum absolute atomic E-state index is 0.0622. The van der Waals surface area contributed by atoms with E-state index in [1.807, 2.05) is 0 Å². The van der Waals surface area contributed by atoms with Gasteiger partial charge in [0.05, 0.1) is 19.8 Å². The number of hydrogen-bond donors (Lipinski definition) is 1. The average molecular weight is 454 g/mol. The maximum Gasteiger partial charge on any atom is 0.321 e. The zero-order chi connectivity index (χ0) is 23.5. The molecule has 1 N–H and O–H groups in total. The van der Waals surface area contributed by atoms with Crippen molar-refractivity contribution in [3.8, 4) is 24.7 Å². The Labute approximate surface area is 199 Å². The highest BCUT2D eigenvalue weighted by Crippen LogP contribution is 2.70. The van der Waals surface area contributed by atoms with Crippen LogP contribution in [0.1, 0.15) is 65.2 Å². The highest BCUT2D eigenvalue weighted by atomic mass is 16.6. The molecule has 4 aliphatic carbocycles. The second-order valence-corrected chi connectivity index (χ2v) is 12.0. The quantitative estimate of drug-likeness (QED) is 0.525. The van der Waals surface area contributed by atoms with E-state index in [-0.39, 0.29) is 23.3 Å². The van der Waals surface area contributed by atoms with Crippen LogP contribution < -0.4 is 0 Å². The molecular weight excluding hydrogens is 414 g/mol. The van der Waals surface area contributed by atoms with Crippen molar-refractivity contribution in [1.29, 1.82) is 0 Å². The first kappa shape index (κ1) is 23.2. The monoisotopic (exact) mass is 453 g/mol. The molecule has 5 rings (SSSR count). The largest absolute Gasteiger partial charge is 0.445 e. The Morgan fingerprint density at radius 2 is 1.82 bits per heavy atom. The fourth-order valence-electron chi connectivity index (χ4n) is 8.89. The number of carbonyl (C=O) groups is 1. The first-order chi connectivity index (χ1) is 15.7. The third kappa shape index (κ3) is 3.46. The molecule has 1 heterocycles. The zero-order valence-electron chi connectivity index (χ0n) is 20.3. The normalized spacial score (nSPS) is 49.2. The van der Waals surface area contributed by atoms with Crippen LogP contribution in [0, 0.1) is 59.2 Å². The van der Waals surface area contributed by atoms with Gasteiger partial charge in [0, 0.05) is 31.3 Å². The van der Waals surface area contributed by atoms with Crippen LogP contribution in [0.4, 0.5) is 0 Å². The third-order valence-corrected chi connectivity index (χ3v) is 10.7. The minimum Gasteiger partial charge on any atom is -0.445 e. The van der Waals surface area contributed by atoms with Gasteiger partial charge in [0.25, 0.3) is 0 Å². The molecular formula is C28H39NO4. The van der Waals surface area contributed by atoms with Crippen molar-refractivity contribution in [2.45, 2.75) is 76.4 Å². The number of nitrogens with zero attached hydrogens (tertiary/aromatic N) is 1. The van der Waals surface area contributed by atoms with Crippen molar-refractivity contribution in [3.63, 3.8) is 0 Å². The molecule has 5 aliphatic rings. The fourth-order valence-corrected chi connectivity index (χ4v) is 8.89. The lowest BCUT2D eigenvalue weighted by Gasteiger charge is -2.58. The van der Waals surface area contributed by atoms with Gasteiger partial charge in [-0.15, -0.1) is 12.8 Å². The van der Waals surface area contributed by atoms with Gasteiger partial charge in [-0.05, 0) is 67.6 Å². The maximum absolute atomic E-state index is 12.9. The van der Waals surface area contributed by atoms with Gasteiger partial charge in [0.15, 0.2) is 5.60 Å². The molecule has 5 unspecified atom stereocenters. The molecule has 5 nitrogen and oxygen atoms in total. The molecule has 5 heteroatoms. The van der Waals surface area contributed by atoms with Crippen LogP contribution in [0.5, 0.6) is 0 Å². The van der Waals surface area contributed by atoms with Gasteiger partial charge in [-0.2, -0.15) is 0 Å². The number of terminal acetylenes is 2. The van der Waals surface area contributed by atoms with E-state index in [0.717, 1.165) is 58.0 Å². The summed E-state index contributed by atoms with van der Waals surface area (Å²) in [7, 11) is 0. The zero-order valence-corrected chi connectivity index (χ0v) is 20.3. The molecule has 0 radical (unpaired) electrons. The average Bonchev–Trinajstić information content (AvgIpc) is 3.25. The number of morpholine rings is 1. The van der Waals surface area contributed by atoms with E-state index in [1.165, 1.54) is 0 Å². The Kier molecular flexibility index (Phi) is 5.64. The smallest absolute Gasteiger partial charge is 0.321 e. The van der Waals surface area contributed by atoms with E-state index in [0.29, 0.717) is 43.3 Å². The number of aliphatic hydroxyl groups is 1. The van der Waals surface area contributed by atoms with Crippen LogP contribution in [0.3, 0.4) is 0 Å². The van der Waals surface area contributed by atoms with Crippen LogP contribution in [0.2, 0.25) is 0 Å². The summed E-state index contributed by atoms with van der Waals surface area (Å²) in [6.07, 6.45) is 19.4. The van der Waals surface area contributed by atoms with Gasteiger partial charge in [0.1, 0.15) is 5.60 Å². The Bertz CT molecular complexity index is 883. The summed E-state index contributed by atoms with van der Waals surface area (Å²) in [5, 5.41) is 11.2. The van der Waals surface area contributed by atoms with Crippen molar-refractivity contribution in [2.75, 3.05) is 32.8 Å². The summed E-state index contributed by atoms with van der Waals surface area (Å²) in [5.74, 6) is 7.54.